The number of aromatic nitrogens is 4. The van der Waals surface area contributed by atoms with Crippen LogP contribution in [0.4, 0.5) is 0 Å². The van der Waals surface area contributed by atoms with E-state index in [9.17, 15) is 0 Å². The molecule has 0 aliphatic heterocycles. The summed E-state index contributed by atoms with van der Waals surface area (Å²) in [6, 6.07) is 43.9. The number of nitrogens with zero attached hydrogens (tertiary/aromatic N) is 4. The lowest BCUT2D eigenvalue weighted by atomic mass is 9.82. The van der Waals surface area contributed by atoms with Crippen LogP contribution in [0.15, 0.2) is 138 Å². The largest absolute Gasteiger partial charge is 0.456 e. The first-order valence-corrected chi connectivity index (χ1v) is 15.5. The summed E-state index contributed by atoms with van der Waals surface area (Å²) in [6.07, 6.45) is 1.76. The molecule has 9 rings (SSSR count). The Labute approximate surface area is 266 Å². The molecule has 218 valence electrons. The molecule has 5 aromatic carbocycles. The molecule has 0 N–H and O–H groups in total. The summed E-state index contributed by atoms with van der Waals surface area (Å²) in [5.74, 6) is 1.78. The average molecular weight is 593 g/mol. The van der Waals surface area contributed by atoms with Crippen LogP contribution in [-0.2, 0) is 5.41 Å². The summed E-state index contributed by atoms with van der Waals surface area (Å²) >= 11 is 0. The maximum Gasteiger partial charge on any atom is 0.182 e. The molecule has 5 heteroatoms. The van der Waals surface area contributed by atoms with Gasteiger partial charge in [-0.1, -0.05) is 111 Å². The van der Waals surface area contributed by atoms with Crippen molar-refractivity contribution in [1.82, 2.24) is 19.9 Å². The summed E-state index contributed by atoms with van der Waals surface area (Å²) in [5, 5.41) is 2.29. The summed E-state index contributed by atoms with van der Waals surface area (Å²) in [5.41, 5.74) is 11.8. The van der Waals surface area contributed by atoms with Gasteiger partial charge in [0.05, 0.1) is 0 Å². The van der Waals surface area contributed by atoms with Crippen molar-refractivity contribution in [1.29, 1.82) is 0 Å². The molecule has 0 amide bonds. The molecule has 0 spiro atoms. The van der Waals surface area contributed by atoms with Crippen LogP contribution in [0.5, 0.6) is 0 Å². The molecular formula is C41H28N4O. The highest BCUT2D eigenvalue weighted by molar-refractivity contribution is 6.08. The van der Waals surface area contributed by atoms with E-state index in [2.05, 4.69) is 85.6 Å². The van der Waals surface area contributed by atoms with E-state index in [4.69, 9.17) is 19.4 Å². The van der Waals surface area contributed by atoms with Crippen molar-refractivity contribution < 1.29 is 4.42 Å². The predicted molar refractivity (Wildman–Crippen MR) is 184 cm³/mol. The normalized spacial score (nSPS) is 13.2. The Morgan fingerprint density at radius 1 is 0.500 bits per heavy atom. The highest BCUT2D eigenvalue weighted by Crippen LogP contribution is 2.53. The number of hydrogen-bond acceptors (Lipinski definition) is 5. The van der Waals surface area contributed by atoms with E-state index in [1.807, 2.05) is 60.7 Å². The van der Waals surface area contributed by atoms with Gasteiger partial charge in [0.15, 0.2) is 17.5 Å². The topological polar surface area (TPSA) is 64.7 Å². The van der Waals surface area contributed by atoms with Gasteiger partial charge < -0.3 is 4.42 Å². The van der Waals surface area contributed by atoms with Gasteiger partial charge in [-0.15, -0.1) is 0 Å². The number of pyridine rings is 1. The highest BCUT2D eigenvalue weighted by atomic mass is 16.3. The molecule has 0 unspecified atom stereocenters. The van der Waals surface area contributed by atoms with Crippen LogP contribution in [0.2, 0.25) is 0 Å². The van der Waals surface area contributed by atoms with Gasteiger partial charge in [0.2, 0.25) is 0 Å². The van der Waals surface area contributed by atoms with Gasteiger partial charge in [0, 0.05) is 33.5 Å². The van der Waals surface area contributed by atoms with Crippen molar-refractivity contribution >= 4 is 21.9 Å². The zero-order valence-electron chi connectivity index (χ0n) is 25.4. The van der Waals surface area contributed by atoms with E-state index in [0.29, 0.717) is 23.2 Å². The van der Waals surface area contributed by atoms with Gasteiger partial charge in [-0.3, -0.25) is 4.98 Å². The second-order valence-electron chi connectivity index (χ2n) is 12.3. The molecule has 0 saturated heterocycles. The number of fused-ring (bicyclic) bond motifs is 6. The van der Waals surface area contributed by atoms with E-state index in [1.54, 1.807) is 6.20 Å². The Morgan fingerprint density at radius 3 is 1.98 bits per heavy atom. The molecule has 46 heavy (non-hydrogen) atoms. The molecule has 0 fully saturated rings. The quantitative estimate of drug-likeness (QED) is 0.203. The molecule has 5 nitrogen and oxygen atoms in total. The molecule has 8 aromatic rings. The first-order chi connectivity index (χ1) is 22.5. The minimum atomic E-state index is -0.158. The number of hydrogen-bond donors (Lipinski definition) is 0. The molecule has 0 radical (unpaired) electrons. The minimum absolute atomic E-state index is 0.158. The predicted octanol–water partition coefficient (Wildman–Crippen LogP) is 10.1. The first kappa shape index (κ1) is 26.5. The minimum Gasteiger partial charge on any atom is -0.456 e. The number of para-hydroxylation sites is 1. The molecule has 0 bridgehead atoms. The van der Waals surface area contributed by atoms with Gasteiger partial charge >= 0.3 is 0 Å². The lowest BCUT2D eigenvalue weighted by molar-refractivity contribution is 0.647. The monoisotopic (exact) mass is 592 g/mol. The Kier molecular flexibility index (Phi) is 5.78. The number of benzene rings is 5. The van der Waals surface area contributed by atoms with Crippen molar-refractivity contribution in [2.24, 2.45) is 0 Å². The maximum atomic E-state index is 6.29. The fourth-order valence-electron chi connectivity index (χ4n) is 6.87. The third kappa shape index (κ3) is 4.09. The zero-order valence-corrected chi connectivity index (χ0v) is 25.4. The van der Waals surface area contributed by atoms with E-state index in [1.165, 1.54) is 27.8 Å². The van der Waals surface area contributed by atoms with Gasteiger partial charge in [0.1, 0.15) is 16.9 Å². The van der Waals surface area contributed by atoms with Crippen LogP contribution in [0.25, 0.3) is 78.5 Å². The van der Waals surface area contributed by atoms with Gasteiger partial charge in [-0.2, -0.15) is 0 Å². The Hall–Kier alpha value is -5.94. The summed E-state index contributed by atoms with van der Waals surface area (Å²) in [4.78, 5) is 19.1. The molecule has 0 atom stereocenters. The third-order valence-electron chi connectivity index (χ3n) is 9.21. The lowest BCUT2D eigenvalue weighted by Gasteiger charge is -2.21. The van der Waals surface area contributed by atoms with Gasteiger partial charge in [-0.25, -0.2) is 15.0 Å². The molecule has 1 aliphatic carbocycles. The standard InChI is InChI=1S/C41H28N4O/c1-41(2)32-15-10-14-28(37(32)31-23-30-29-13-6-7-17-35(29)46-36(30)24-33(31)41)25-18-20-27(21-19-25)39-43-38(26-11-4-3-5-12-26)44-40(45-39)34-16-8-9-22-42-34/h3-24H,1-2H3. The smallest absolute Gasteiger partial charge is 0.182 e. The van der Waals surface area contributed by atoms with Gasteiger partial charge in [0.25, 0.3) is 0 Å². The van der Waals surface area contributed by atoms with Crippen molar-refractivity contribution in [2.75, 3.05) is 0 Å². The summed E-state index contributed by atoms with van der Waals surface area (Å²) in [7, 11) is 0. The van der Waals surface area contributed by atoms with Crippen LogP contribution in [0.1, 0.15) is 25.0 Å². The van der Waals surface area contributed by atoms with Crippen LogP contribution < -0.4 is 0 Å². The number of furan rings is 1. The zero-order chi connectivity index (χ0) is 30.8. The van der Waals surface area contributed by atoms with Crippen molar-refractivity contribution in [3.05, 3.63) is 145 Å². The van der Waals surface area contributed by atoms with Crippen LogP contribution in [0, 0.1) is 0 Å². The average Bonchev–Trinajstić information content (AvgIpc) is 3.59. The summed E-state index contributed by atoms with van der Waals surface area (Å²) < 4.78 is 6.29. The fraction of sp³-hybridized carbons (Fsp3) is 0.0732. The number of rotatable bonds is 4. The highest BCUT2D eigenvalue weighted by Gasteiger charge is 2.37. The Balaban J connectivity index is 1.17. The van der Waals surface area contributed by atoms with E-state index in [-0.39, 0.29) is 5.41 Å². The molecule has 0 saturated carbocycles. The van der Waals surface area contributed by atoms with Crippen molar-refractivity contribution in [3.63, 3.8) is 0 Å². The first-order valence-electron chi connectivity index (χ1n) is 15.5. The van der Waals surface area contributed by atoms with Crippen molar-refractivity contribution in [2.45, 2.75) is 19.3 Å². The van der Waals surface area contributed by atoms with E-state index in [0.717, 1.165) is 38.6 Å². The fourth-order valence-corrected chi connectivity index (χ4v) is 6.87. The molecular weight excluding hydrogens is 564 g/mol. The molecule has 1 aliphatic rings. The Morgan fingerprint density at radius 2 is 1.20 bits per heavy atom. The van der Waals surface area contributed by atoms with Crippen LogP contribution >= 0.6 is 0 Å². The third-order valence-corrected chi connectivity index (χ3v) is 9.21. The van der Waals surface area contributed by atoms with E-state index < -0.39 is 0 Å². The molecule has 3 heterocycles. The Bertz CT molecular complexity index is 2370. The summed E-state index contributed by atoms with van der Waals surface area (Å²) in [6.45, 7) is 4.62. The van der Waals surface area contributed by atoms with Gasteiger partial charge in [-0.05, 0) is 63.7 Å². The maximum absolute atomic E-state index is 6.29. The molecule has 3 aromatic heterocycles. The second kappa shape index (κ2) is 10.0. The van der Waals surface area contributed by atoms with Crippen LogP contribution in [0.3, 0.4) is 0 Å². The van der Waals surface area contributed by atoms with E-state index >= 15 is 0 Å². The van der Waals surface area contributed by atoms with Crippen molar-refractivity contribution in [3.8, 4) is 56.5 Å². The van der Waals surface area contributed by atoms with Crippen LogP contribution in [-0.4, -0.2) is 19.9 Å². The second-order valence-corrected chi connectivity index (χ2v) is 12.3. The lowest BCUT2D eigenvalue weighted by Crippen LogP contribution is -2.14. The SMILES string of the molecule is CC1(C)c2cc3oc4ccccc4c3cc2-c2c(-c3ccc(-c4nc(-c5ccccc5)nc(-c5ccccn5)n4)cc3)cccc21.